The second-order valence-corrected chi connectivity index (χ2v) is 8.14. The van der Waals surface area contributed by atoms with E-state index in [1.54, 1.807) is 6.92 Å². The quantitative estimate of drug-likeness (QED) is 0.668. The number of carbonyl (C=O) groups is 1. The van der Waals surface area contributed by atoms with Gasteiger partial charge in [-0.05, 0) is 60.2 Å². The summed E-state index contributed by atoms with van der Waals surface area (Å²) in [5.41, 5.74) is 0.914. The summed E-state index contributed by atoms with van der Waals surface area (Å²) in [6.45, 7) is 11.3. The molecule has 0 amide bonds. The van der Waals surface area contributed by atoms with Crippen molar-refractivity contribution in [1.82, 2.24) is 0 Å². The van der Waals surface area contributed by atoms with Gasteiger partial charge in [-0.25, -0.2) is 0 Å². The van der Waals surface area contributed by atoms with Crippen LogP contribution in [0.3, 0.4) is 0 Å². The summed E-state index contributed by atoms with van der Waals surface area (Å²) in [5.74, 6) is 2.83. The highest BCUT2D eigenvalue weighted by Gasteiger charge is 2.68. The standard InChI is InChI=1S/C17H28O2/c1-10-6-7-13-14-8-15(19-12(3)18)11(2)17(10,14)9-16(13,4)5/h10-11,13-15H,6-9H2,1-5H3/t10-,11-,13?,14-,15-,17-/m1/s1. The molecular formula is C17H28O2. The minimum Gasteiger partial charge on any atom is -0.462 e. The van der Waals surface area contributed by atoms with Crippen molar-refractivity contribution in [3.63, 3.8) is 0 Å². The van der Waals surface area contributed by atoms with E-state index in [-0.39, 0.29) is 12.1 Å². The van der Waals surface area contributed by atoms with E-state index < -0.39 is 0 Å². The van der Waals surface area contributed by atoms with E-state index in [1.165, 1.54) is 19.3 Å². The molecule has 2 heteroatoms. The maximum atomic E-state index is 11.3. The van der Waals surface area contributed by atoms with Gasteiger partial charge in [0, 0.05) is 6.92 Å². The number of carbonyl (C=O) groups excluding carboxylic acids is 1. The van der Waals surface area contributed by atoms with Crippen molar-refractivity contribution >= 4 is 5.97 Å². The van der Waals surface area contributed by atoms with Crippen LogP contribution in [0.2, 0.25) is 0 Å². The lowest BCUT2D eigenvalue weighted by molar-refractivity contribution is -0.149. The van der Waals surface area contributed by atoms with Gasteiger partial charge in [-0.1, -0.05) is 27.7 Å². The monoisotopic (exact) mass is 264 g/mol. The summed E-state index contributed by atoms with van der Waals surface area (Å²) in [7, 11) is 0. The molecule has 3 aliphatic carbocycles. The summed E-state index contributed by atoms with van der Waals surface area (Å²) >= 11 is 0. The Kier molecular flexibility index (Phi) is 2.82. The van der Waals surface area contributed by atoms with Crippen LogP contribution in [0.5, 0.6) is 0 Å². The van der Waals surface area contributed by atoms with Crippen molar-refractivity contribution in [2.24, 2.45) is 34.5 Å². The molecule has 2 nitrogen and oxygen atoms in total. The summed E-state index contributed by atoms with van der Waals surface area (Å²) < 4.78 is 5.64. The molecular weight excluding hydrogens is 236 g/mol. The summed E-state index contributed by atoms with van der Waals surface area (Å²) in [5, 5.41) is 0. The van der Waals surface area contributed by atoms with Gasteiger partial charge in [-0.15, -0.1) is 0 Å². The zero-order chi connectivity index (χ0) is 14.0. The third-order valence-electron chi connectivity index (χ3n) is 6.98. The molecule has 0 saturated heterocycles. The lowest BCUT2D eigenvalue weighted by Gasteiger charge is -2.44. The van der Waals surface area contributed by atoms with Gasteiger partial charge in [0.2, 0.25) is 0 Å². The Balaban J connectivity index is 1.96. The molecule has 0 N–H and O–H groups in total. The molecule has 108 valence electrons. The number of rotatable bonds is 1. The van der Waals surface area contributed by atoms with Gasteiger partial charge < -0.3 is 4.74 Å². The first-order chi connectivity index (χ1) is 8.79. The number of ether oxygens (including phenoxy) is 1. The Morgan fingerprint density at radius 1 is 1.16 bits per heavy atom. The lowest BCUT2D eigenvalue weighted by atomic mass is 9.60. The van der Waals surface area contributed by atoms with Gasteiger partial charge in [0.15, 0.2) is 0 Å². The van der Waals surface area contributed by atoms with Gasteiger partial charge in [0.25, 0.3) is 0 Å². The summed E-state index contributed by atoms with van der Waals surface area (Å²) in [4.78, 5) is 11.3. The molecule has 2 bridgehead atoms. The topological polar surface area (TPSA) is 26.3 Å². The van der Waals surface area contributed by atoms with E-state index in [9.17, 15) is 4.79 Å². The van der Waals surface area contributed by atoms with Crippen molar-refractivity contribution in [3.05, 3.63) is 0 Å². The van der Waals surface area contributed by atoms with Gasteiger partial charge in [0.1, 0.15) is 6.10 Å². The predicted octanol–water partition coefficient (Wildman–Crippen LogP) is 4.04. The maximum absolute atomic E-state index is 11.3. The average Bonchev–Trinajstić information content (AvgIpc) is 2.62. The van der Waals surface area contributed by atoms with E-state index in [1.807, 2.05) is 0 Å². The molecule has 3 saturated carbocycles. The third kappa shape index (κ3) is 1.64. The van der Waals surface area contributed by atoms with Crippen LogP contribution in [-0.2, 0) is 9.53 Å². The molecule has 0 aromatic heterocycles. The highest BCUT2D eigenvalue weighted by molar-refractivity contribution is 5.66. The van der Waals surface area contributed by atoms with Crippen LogP contribution < -0.4 is 0 Å². The largest absolute Gasteiger partial charge is 0.462 e. The Bertz CT molecular complexity index is 400. The van der Waals surface area contributed by atoms with Gasteiger partial charge in [-0.2, -0.15) is 0 Å². The number of hydrogen-bond donors (Lipinski definition) is 0. The maximum Gasteiger partial charge on any atom is 0.302 e. The normalized spacial score (nSPS) is 50.9. The smallest absolute Gasteiger partial charge is 0.302 e. The Labute approximate surface area is 117 Å². The highest BCUT2D eigenvalue weighted by atomic mass is 16.5. The van der Waals surface area contributed by atoms with E-state index in [0.717, 1.165) is 24.2 Å². The molecule has 0 aromatic carbocycles. The van der Waals surface area contributed by atoms with E-state index in [4.69, 9.17) is 4.74 Å². The van der Waals surface area contributed by atoms with Crippen molar-refractivity contribution in [3.8, 4) is 0 Å². The lowest BCUT2D eigenvalue weighted by Crippen LogP contribution is -2.39. The number of hydrogen-bond acceptors (Lipinski definition) is 2. The average molecular weight is 264 g/mol. The fraction of sp³-hybridized carbons (Fsp3) is 0.941. The molecule has 0 aromatic rings. The van der Waals surface area contributed by atoms with Crippen LogP contribution in [-0.4, -0.2) is 12.1 Å². The molecule has 19 heavy (non-hydrogen) atoms. The van der Waals surface area contributed by atoms with Crippen molar-refractivity contribution in [1.29, 1.82) is 0 Å². The molecule has 6 atom stereocenters. The van der Waals surface area contributed by atoms with Crippen molar-refractivity contribution < 1.29 is 9.53 Å². The zero-order valence-corrected chi connectivity index (χ0v) is 13.0. The first-order valence-corrected chi connectivity index (χ1v) is 7.96. The first-order valence-electron chi connectivity index (χ1n) is 7.96. The first kappa shape index (κ1) is 13.5. The molecule has 0 heterocycles. The SMILES string of the molecule is CC(=O)O[C@@H]1C[C@@H]2C3CC[C@@H](C)[C@]2(CC3(C)C)[C@@H]1C. The Hall–Kier alpha value is -0.530. The van der Waals surface area contributed by atoms with E-state index in [0.29, 0.717) is 16.7 Å². The Morgan fingerprint density at radius 2 is 1.84 bits per heavy atom. The number of esters is 1. The van der Waals surface area contributed by atoms with Crippen LogP contribution in [0.15, 0.2) is 0 Å². The van der Waals surface area contributed by atoms with Crippen molar-refractivity contribution in [2.75, 3.05) is 0 Å². The second kappa shape index (κ2) is 3.99. The Morgan fingerprint density at radius 3 is 2.42 bits per heavy atom. The summed E-state index contributed by atoms with van der Waals surface area (Å²) in [6, 6.07) is 0. The minimum absolute atomic E-state index is 0.102. The van der Waals surface area contributed by atoms with Crippen LogP contribution >= 0.6 is 0 Å². The molecule has 1 unspecified atom stereocenters. The molecule has 3 fully saturated rings. The minimum atomic E-state index is -0.102. The van der Waals surface area contributed by atoms with Crippen LogP contribution in [0.1, 0.15) is 60.3 Å². The van der Waals surface area contributed by atoms with Gasteiger partial charge in [0.05, 0.1) is 0 Å². The van der Waals surface area contributed by atoms with E-state index >= 15 is 0 Å². The van der Waals surface area contributed by atoms with Crippen LogP contribution in [0.25, 0.3) is 0 Å². The van der Waals surface area contributed by atoms with Gasteiger partial charge >= 0.3 is 5.97 Å². The summed E-state index contributed by atoms with van der Waals surface area (Å²) in [6.07, 6.45) is 5.35. The molecule has 0 aliphatic heterocycles. The molecule has 3 rings (SSSR count). The van der Waals surface area contributed by atoms with Crippen LogP contribution in [0.4, 0.5) is 0 Å². The molecule has 0 spiro atoms. The van der Waals surface area contributed by atoms with E-state index in [2.05, 4.69) is 27.7 Å². The highest BCUT2D eigenvalue weighted by Crippen LogP contribution is 2.73. The van der Waals surface area contributed by atoms with Crippen LogP contribution in [0, 0.1) is 34.5 Å². The van der Waals surface area contributed by atoms with Gasteiger partial charge in [-0.3, -0.25) is 4.79 Å². The zero-order valence-electron chi connectivity index (χ0n) is 13.0. The predicted molar refractivity (Wildman–Crippen MR) is 75.5 cm³/mol. The third-order valence-corrected chi connectivity index (χ3v) is 6.98. The second-order valence-electron chi connectivity index (χ2n) is 8.14. The fourth-order valence-corrected chi connectivity index (χ4v) is 6.30. The molecule has 3 aliphatic rings. The van der Waals surface area contributed by atoms with Crippen molar-refractivity contribution in [2.45, 2.75) is 66.4 Å². The fourth-order valence-electron chi connectivity index (χ4n) is 6.30. The molecule has 0 radical (unpaired) electrons.